The number of amides is 1. The van der Waals surface area contributed by atoms with E-state index >= 15 is 0 Å². The predicted molar refractivity (Wildman–Crippen MR) is 134 cm³/mol. The van der Waals surface area contributed by atoms with Crippen LogP contribution in [0.2, 0.25) is 0 Å². The first-order valence-electron chi connectivity index (χ1n) is 12.2. The molecule has 1 amide bonds. The van der Waals surface area contributed by atoms with Crippen molar-refractivity contribution in [3.05, 3.63) is 71.8 Å². The lowest BCUT2D eigenvalue weighted by molar-refractivity contribution is -0.140. The van der Waals surface area contributed by atoms with Gasteiger partial charge in [-0.3, -0.25) is 4.79 Å². The molecule has 0 aliphatic carbocycles. The van der Waals surface area contributed by atoms with Gasteiger partial charge in [-0.25, -0.2) is 4.99 Å². The number of aliphatic hydroxyl groups is 1. The summed E-state index contributed by atoms with van der Waals surface area (Å²) in [6.07, 6.45) is 8.01. The molecule has 1 N–H and O–H groups in total. The average Bonchev–Trinajstić information content (AvgIpc) is 3.22. The minimum Gasteiger partial charge on any atom is -0.494 e. The highest BCUT2D eigenvalue weighted by Crippen LogP contribution is 2.35. The first-order valence-corrected chi connectivity index (χ1v) is 12.2. The van der Waals surface area contributed by atoms with Gasteiger partial charge >= 0.3 is 0 Å². The normalized spacial score (nSPS) is 22.5. The molecule has 1 fully saturated rings. The van der Waals surface area contributed by atoms with E-state index in [0.29, 0.717) is 25.3 Å². The van der Waals surface area contributed by atoms with Crippen molar-refractivity contribution in [1.82, 2.24) is 4.90 Å². The minimum absolute atomic E-state index is 0.0522. The molecule has 2 aromatic rings. The van der Waals surface area contributed by atoms with E-state index in [1.807, 2.05) is 78.6 Å². The van der Waals surface area contributed by atoms with Gasteiger partial charge in [-0.05, 0) is 56.0 Å². The second-order valence-electron chi connectivity index (χ2n) is 8.92. The zero-order chi connectivity index (χ0) is 23.8. The van der Waals surface area contributed by atoms with Gasteiger partial charge in [0.25, 0.3) is 5.91 Å². The number of rotatable bonds is 9. The molecule has 6 nitrogen and oxygen atoms in total. The molecule has 2 aliphatic rings. The third kappa shape index (κ3) is 5.50. The maximum atomic E-state index is 13.8. The van der Waals surface area contributed by atoms with Gasteiger partial charge in [0.15, 0.2) is 5.54 Å². The molecular formula is C28H34N2O4. The number of carbonyl (C=O) groups is 1. The summed E-state index contributed by atoms with van der Waals surface area (Å²) in [5.41, 5.74) is 0.936. The van der Waals surface area contributed by atoms with Crippen molar-refractivity contribution in [2.75, 3.05) is 26.3 Å². The van der Waals surface area contributed by atoms with Crippen LogP contribution in [0.3, 0.4) is 0 Å². The fourth-order valence-corrected chi connectivity index (χ4v) is 4.47. The first-order chi connectivity index (χ1) is 16.6. The number of hydrogen-bond acceptors (Lipinski definition) is 5. The molecular weight excluding hydrogens is 428 g/mol. The van der Waals surface area contributed by atoms with E-state index in [4.69, 9.17) is 19.6 Å². The molecule has 0 unspecified atom stereocenters. The minimum atomic E-state index is -0.978. The third-order valence-electron chi connectivity index (χ3n) is 6.49. The number of benzene rings is 2. The lowest BCUT2D eigenvalue weighted by Crippen LogP contribution is -2.53. The van der Waals surface area contributed by atoms with Crippen LogP contribution in [0.15, 0.2) is 65.7 Å². The lowest BCUT2D eigenvalue weighted by atomic mass is 9.87. The van der Waals surface area contributed by atoms with E-state index in [2.05, 4.69) is 0 Å². The first kappa shape index (κ1) is 24.0. The summed E-state index contributed by atoms with van der Waals surface area (Å²) in [7, 11) is 0. The van der Waals surface area contributed by atoms with Crippen LogP contribution < -0.4 is 4.74 Å². The van der Waals surface area contributed by atoms with Gasteiger partial charge in [-0.15, -0.1) is 0 Å². The number of carbonyl (C=O) groups excluding carboxylic acids is 1. The molecule has 1 saturated heterocycles. The van der Waals surface area contributed by atoms with E-state index in [1.54, 1.807) is 0 Å². The zero-order valence-electron chi connectivity index (χ0n) is 19.9. The third-order valence-corrected chi connectivity index (χ3v) is 6.49. The summed E-state index contributed by atoms with van der Waals surface area (Å²) in [5.74, 6) is 1.27. The fourth-order valence-electron chi connectivity index (χ4n) is 4.47. The fraction of sp³-hybridized carbons (Fsp3) is 0.429. The Morgan fingerprint density at radius 2 is 1.88 bits per heavy atom. The van der Waals surface area contributed by atoms with E-state index in [1.165, 1.54) is 0 Å². The molecule has 2 heterocycles. The lowest BCUT2D eigenvalue weighted by Gasteiger charge is -2.35. The molecule has 180 valence electrons. The number of nitrogens with zero attached hydrogens (tertiary/aromatic N) is 2. The molecule has 2 aliphatic heterocycles. The van der Waals surface area contributed by atoms with Crippen LogP contribution >= 0.6 is 0 Å². The summed E-state index contributed by atoms with van der Waals surface area (Å²) in [4.78, 5) is 20.7. The maximum absolute atomic E-state index is 13.8. The van der Waals surface area contributed by atoms with Crippen LogP contribution in [0.5, 0.6) is 5.75 Å². The second-order valence-corrected chi connectivity index (χ2v) is 8.92. The van der Waals surface area contributed by atoms with Crippen molar-refractivity contribution in [2.45, 2.75) is 50.7 Å². The molecule has 0 radical (unpaired) electrons. The molecule has 34 heavy (non-hydrogen) atoms. The van der Waals surface area contributed by atoms with Crippen LogP contribution in [0.1, 0.15) is 50.2 Å². The van der Waals surface area contributed by atoms with Crippen LogP contribution in [0.25, 0.3) is 6.08 Å². The predicted octanol–water partition coefficient (Wildman–Crippen LogP) is 4.47. The summed E-state index contributed by atoms with van der Waals surface area (Å²) < 4.78 is 11.8. The summed E-state index contributed by atoms with van der Waals surface area (Å²) in [6, 6.07) is 17.6. The highest BCUT2D eigenvalue weighted by Gasteiger charge is 2.51. The standard InChI is InChI=1S/C28H34N2O4/c1-22-28(27(32)30-18-6-3-7-19-30,17-8-12-23-10-4-2-5-11-23)29-26(34-22)24-13-15-25(16-14-24)33-21-9-20-31/h2,4-5,8,10-16,22,31H,3,6-7,9,17-21H2,1H3/b12-8+/t22-,28-/m1/s1. The topological polar surface area (TPSA) is 71.4 Å². The van der Waals surface area contributed by atoms with Gasteiger partial charge in [0.05, 0.1) is 6.61 Å². The Morgan fingerprint density at radius 1 is 1.15 bits per heavy atom. The molecule has 0 saturated carbocycles. The van der Waals surface area contributed by atoms with Crippen LogP contribution in [-0.2, 0) is 9.53 Å². The molecule has 4 rings (SSSR count). The molecule has 2 atom stereocenters. The quantitative estimate of drug-likeness (QED) is 0.558. The van der Waals surface area contributed by atoms with Gasteiger partial charge in [-0.2, -0.15) is 0 Å². The van der Waals surface area contributed by atoms with Crippen molar-refractivity contribution < 1.29 is 19.4 Å². The highest BCUT2D eigenvalue weighted by molar-refractivity contribution is 6.01. The Labute approximate surface area is 201 Å². The highest BCUT2D eigenvalue weighted by atomic mass is 16.5. The SMILES string of the molecule is C[C@H]1OC(c2ccc(OCCCO)cc2)=N[C@@]1(C/C=C/c1ccccc1)C(=O)N1CCCCC1. The van der Waals surface area contributed by atoms with E-state index < -0.39 is 5.54 Å². The Hall–Kier alpha value is -3.12. The van der Waals surface area contributed by atoms with E-state index in [0.717, 1.165) is 49.2 Å². The molecule has 2 aromatic carbocycles. The monoisotopic (exact) mass is 462 g/mol. The molecule has 0 spiro atoms. The number of likely N-dealkylation sites (tertiary alicyclic amines) is 1. The molecule has 0 aromatic heterocycles. The van der Waals surface area contributed by atoms with Crippen LogP contribution in [-0.4, -0.2) is 59.8 Å². The summed E-state index contributed by atoms with van der Waals surface area (Å²) in [6.45, 7) is 4.07. The number of piperidine rings is 1. The average molecular weight is 463 g/mol. The van der Waals surface area contributed by atoms with E-state index in [-0.39, 0.29) is 18.6 Å². The Morgan fingerprint density at radius 3 is 2.59 bits per heavy atom. The van der Waals surface area contributed by atoms with Crippen molar-refractivity contribution in [3.63, 3.8) is 0 Å². The smallest absolute Gasteiger partial charge is 0.254 e. The van der Waals surface area contributed by atoms with Gasteiger partial charge < -0.3 is 19.5 Å². The van der Waals surface area contributed by atoms with Crippen molar-refractivity contribution in [2.24, 2.45) is 4.99 Å². The van der Waals surface area contributed by atoms with Crippen LogP contribution in [0.4, 0.5) is 0 Å². The van der Waals surface area contributed by atoms with Crippen molar-refractivity contribution in [3.8, 4) is 5.75 Å². The van der Waals surface area contributed by atoms with Crippen molar-refractivity contribution in [1.29, 1.82) is 0 Å². The van der Waals surface area contributed by atoms with Gasteiger partial charge in [-0.1, -0.05) is 42.5 Å². The van der Waals surface area contributed by atoms with E-state index in [9.17, 15) is 4.79 Å². The van der Waals surface area contributed by atoms with Gasteiger partial charge in [0.2, 0.25) is 5.90 Å². The number of aliphatic hydroxyl groups excluding tert-OH is 1. The molecule has 6 heteroatoms. The number of hydrogen-bond donors (Lipinski definition) is 1. The summed E-state index contributed by atoms with van der Waals surface area (Å²) >= 11 is 0. The largest absolute Gasteiger partial charge is 0.494 e. The Bertz CT molecular complexity index is 997. The molecule has 0 bridgehead atoms. The second kappa shape index (κ2) is 11.3. The maximum Gasteiger partial charge on any atom is 0.254 e. The number of ether oxygens (including phenoxy) is 2. The summed E-state index contributed by atoms with van der Waals surface area (Å²) in [5, 5.41) is 8.92. The van der Waals surface area contributed by atoms with Gasteiger partial charge in [0.1, 0.15) is 11.9 Å². The van der Waals surface area contributed by atoms with Gasteiger partial charge in [0, 0.05) is 38.1 Å². The Kier molecular flexibility index (Phi) is 8.01. The number of aliphatic imine (C=N–C) groups is 1. The zero-order valence-corrected chi connectivity index (χ0v) is 19.9. The van der Waals surface area contributed by atoms with Crippen molar-refractivity contribution >= 4 is 17.9 Å². The van der Waals surface area contributed by atoms with Crippen LogP contribution in [0, 0.1) is 0 Å². The Balaban J connectivity index is 1.59.